The summed E-state index contributed by atoms with van der Waals surface area (Å²) in [7, 11) is 1.64. The van der Waals surface area contributed by atoms with E-state index in [1.54, 1.807) is 18.1 Å². The second-order valence-electron chi connectivity index (χ2n) is 6.22. The number of nitrogens with zero attached hydrogens (tertiary/aromatic N) is 3. The number of piperazine rings is 1. The van der Waals surface area contributed by atoms with Crippen molar-refractivity contribution < 1.29 is 18.7 Å². The highest BCUT2D eigenvalue weighted by Crippen LogP contribution is 2.09. The van der Waals surface area contributed by atoms with Crippen LogP contribution in [0.5, 0.6) is 0 Å². The first-order valence-corrected chi connectivity index (χ1v) is 8.96. The Morgan fingerprint density at radius 3 is 2.60 bits per heavy atom. The molecule has 1 aliphatic heterocycles. The summed E-state index contributed by atoms with van der Waals surface area (Å²) in [4.78, 5) is 31.0. The molecule has 2 amide bonds. The summed E-state index contributed by atoms with van der Waals surface area (Å²) in [5.74, 6) is 0.0148. The molecule has 2 heterocycles. The molecule has 1 aliphatic rings. The van der Waals surface area contributed by atoms with Crippen LogP contribution in [0.1, 0.15) is 30.1 Å². The molecule has 7 nitrogen and oxygen atoms in total. The van der Waals surface area contributed by atoms with Gasteiger partial charge in [-0.15, -0.1) is 0 Å². The van der Waals surface area contributed by atoms with E-state index >= 15 is 0 Å². The third kappa shape index (κ3) is 5.86. The van der Waals surface area contributed by atoms with Crippen LogP contribution in [0.2, 0.25) is 0 Å². The lowest BCUT2D eigenvalue weighted by Crippen LogP contribution is -2.49. The van der Waals surface area contributed by atoms with Gasteiger partial charge in [0.15, 0.2) is 0 Å². The van der Waals surface area contributed by atoms with Crippen molar-refractivity contribution in [3.8, 4) is 0 Å². The average molecular weight is 351 g/mol. The lowest BCUT2D eigenvalue weighted by atomic mass is 10.2. The van der Waals surface area contributed by atoms with Gasteiger partial charge in [-0.2, -0.15) is 0 Å². The first-order valence-electron chi connectivity index (χ1n) is 8.96. The molecular formula is C18H29N3O4. The van der Waals surface area contributed by atoms with Gasteiger partial charge in [0.1, 0.15) is 6.26 Å². The fourth-order valence-electron chi connectivity index (χ4n) is 2.99. The van der Waals surface area contributed by atoms with E-state index in [9.17, 15) is 9.59 Å². The molecule has 1 aromatic rings. The Morgan fingerprint density at radius 1 is 1.24 bits per heavy atom. The molecule has 140 valence electrons. The van der Waals surface area contributed by atoms with Crippen molar-refractivity contribution in [3.05, 3.63) is 24.2 Å². The molecule has 1 aromatic heterocycles. The zero-order valence-corrected chi connectivity index (χ0v) is 15.3. The Morgan fingerprint density at radius 2 is 2.00 bits per heavy atom. The molecule has 1 saturated heterocycles. The van der Waals surface area contributed by atoms with E-state index in [4.69, 9.17) is 9.15 Å². The van der Waals surface area contributed by atoms with Crippen molar-refractivity contribution in [1.29, 1.82) is 0 Å². The third-order valence-electron chi connectivity index (χ3n) is 4.60. The fraction of sp³-hybridized carbons (Fsp3) is 0.667. The molecule has 0 atom stereocenters. The minimum absolute atomic E-state index is 0.103. The van der Waals surface area contributed by atoms with Gasteiger partial charge in [-0.3, -0.25) is 9.59 Å². The molecule has 0 bridgehead atoms. The van der Waals surface area contributed by atoms with Crippen LogP contribution in [0.3, 0.4) is 0 Å². The van der Waals surface area contributed by atoms with Gasteiger partial charge in [0, 0.05) is 59.4 Å². The van der Waals surface area contributed by atoms with E-state index in [0.717, 1.165) is 39.1 Å². The van der Waals surface area contributed by atoms with Crippen LogP contribution in [-0.2, 0) is 9.53 Å². The minimum Gasteiger partial charge on any atom is -0.472 e. The number of carbonyl (C=O) groups is 2. The molecule has 0 aliphatic carbocycles. The molecule has 0 N–H and O–H groups in total. The summed E-state index contributed by atoms with van der Waals surface area (Å²) in [6, 6.07) is 1.65. The number of methoxy groups -OCH3 is 1. The monoisotopic (exact) mass is 351 g/mol. The van der Waals surface area contributed by atoms with Crippen LogP contribution in [0.4, 0.5) is 0 Å². The highest BCUT2D eigenvalue weighted by Gasteiger charge is 2.22. The number of hydrogen-bond acceptors (Lipinski definition) is 5. The zero-order valence-electron chi connectivity index (χ0n) is 15.3. The number of amides is 2. The van der Waals surface area contributed by atoms with Crippen LogP contribution in [0.15, 0.2) is 23.0 Å². The highest BCUT2D eigenvalue weighted by atomic mass is 16.5. The summed E-state index contributed by atoms with van der Waals surface area (Å²) in [5, 5.41) is 0. The van der Waals surface area contributed by atoms with Crippen molar-refractivity contribution in [2.24, 2.45) is 0 Å². The maximum absolute atomic E-state index is 12.6. The number of likely N-dealkylation sites (N-methyl/N-ethyl adjacent to an activating group) is 1. The van der Waals surface area contributed by atoms with E-state index in [2.05, 4.69) is 11.8 Å². The zero-order chi connectivity index (χ0) is 18.1. The summed E-state index contributed by atoms with van der Waals surface area (Å²) in [6.45, 7) is 8.11. The maximum Gasteiger partial charge on any atom is 0.257 e. The number of rotatable bonds is 9. The molecule has 0 saturated carbocycles. The summed E-state index contributed by atoms with van der Waals surface area (Å²) in [6.07, 6.45) is 4.02. The molecule has 2 rings (SSSR count). The van der Waals surface area contributed by atoms with Crippen molar-refractivity contribution in [2.45, 2.75) is 19.8 Å². The topological polar surface area (TPSA) is 66.2 Å². The molecule has 0 aromatic carbocycles. The van der Waals surface area contributed by atoms with Gasteiger partial charge in [0.2, 0.25) is 5.91 Å². The number of carbonyl (C=O) groups excluding carboxylic acids is 2. The first-order chi connectivity index (χ1) is 12.2. The summed E-state index contributed by atoms with van der Waals surface area (Å²) >= 11 is 0. The van der Waals surface area contributed by atoms with Crippen molar-refractivity contribution in [2.75, 3.05) is 59.5 Å². The van der Waals surface area contributed by atoms with E-state index in [-0.39, 0.29) is 11.8 Å². The van der Waals surface area contributed by atoms with Crippen LogP contribution >= 0.6 is 0 Å². The minimum atomic E-state index is -0.103. The third-order valence-corrected chi connectivity index (χ3v) is 4.60. The van der Waals surface area contributed by atoms with Crippen LogP contribution in [-0.4, -0.2) is 86.0 Å². The van der Waals surface area contributed by atoms with E-state index < -0.39 is 0 Å². The van der Waals surface area contributed by atoms with Gasteiger partial charge < -0.3 is 23.9 Å². The highest BCUT2D eigenvalue weighted by molar-refractivity contribution is 5.94. The predicted octanol–water partition coefficient (Wildman–Crippen LogP) is 1.31. The Bertz CT molecular complexity index is 524. The van der Waals surface area contributed by atoms with Gasteiger partial charge in [-0.1, -0.05) is 6.92 Å². The van der Waals surface area contributed by atoms with Crippen LogP contribution in [0.25, 0.3) is 0 Å². The second-order valence-corrected chi connectivity index (χ2v) is 6.22. The Labute approximate surface area is 149 Å². The second kappa shape index (κ2) is 10.2. The van der Waals surface area contributed by atoms with Crippen LogP contribution in [0, 0.1) is 0 Å². The standard InChI is InChI=1S/C18H29N3O4/c1-3-19-9-11-20(12-10-19)17(22)5-8-21(7-4-13-24-2)18(23)16-6-14-25-15-16/h6,14-15H,3-5,7-13H2,1-2H3. The molecule has 0 unspecified atom stereocenters. The Kier molecular flexibility index (Phi) is 7.94. The number of ether oxygens (including phenoxy) is 1. The van der Waals surface area contributed by atoms with Crippen molar-refractivity contribution in [3.63, 3.8) is 0 Å². The van der Waals surface area contributed by atoms with Gasteiger partial charge in [0.25, 0.3) is 5.91 Å². The predicted molar refractivity (Wildman–Crippen MR) is 94.4 cm³/mol. The van der Waals surface area contributed by atoms with Gasteiger partial charge in [0.05, 0.1) is 11.8 Å². The average Bonchev–Trinajstić information content (AvgIpc) is 3.18. The number of furan rings is 1. The Hall–Kier alpha value is -1.86. The SMILES string of the molecule is CCN1CCN(C(=O)CCN(CCCOC)C(=O)c2ccoc2)CC1. The van der Waals surface area contributed by atoms with Crippen molar-refractivity contribution in [1.82, 2.24) is 14.7 Å². The Balaban J connectivity index is 1.85. The fourth-order valence-corrected chi connectivity index (χ4v) is 2.99. The van der Waals surface area contributed by atoms with Gasteiger partial charge >= 0.3 is 0 Å². The normalized spacial score (nSPS) is 15.4. The lowest BCUT2D eigenvalue weighted by molar-refractivity contribution is -0.133. The van der Waals surface area contributed by atoms with Crippen molar-refractivity contribution >= 4 is 11.8 Å². The quantitative estimate of drug-likeness (QED) is 0.628. The number of hydrogen-bond donors (Lipinski definition) is 0. The molecule has 25 heavy (non-hydrogen) atoms. The van der Waals surface area contributed by atoms with Gasteiger partial charge in [-0.05, 0) is 19.0 Å². The molecule has 1 fully saturated rings. The molecule has 0 radical (unpaired) electrons. The summed E-state index contributed by atoms with van der Waals surface area (Å²) < 4.78 is 10.1. The molecule has 0 spiro atoms. The van der Waals surface area contributed by atoms with E-state index in [1.165, 1.54) is 12.5 Å². The van der Waals surface area contributed by atoms with E-state index in [1.807, 2.05) is 4.90 Å². The summed E-state index contributed by atoms with van der Waals surface area (Å²) in [5.41, 5.74) is 0.515. The molecule has 7 heteroatoms. The lowest BCUT2D eigenvalue weighted by Gasteiger charge is -2.34. The molecular weight excluding hydrogens is 322 g/mol. The van der Waals surface area contributed by atoms with Gasteiger partial charge in [-0.25, -0.2) is 0 Å². The largest absolute Gasteiger partial charge is 0.472 e. The van der Waals surface area contributed by atoms with Crippen LogP contribution < -0.4 is 0 Å². The maximum atomic E-state index is 12.6. The smallest absolute Gasteiger partial charge is 0.257 e. The first kappa shape index (κ1) is 19.5. The van der Waals surface area contributed by atoms with E-state index in [0.29, 0.717) is 31.7 Å².